The van der Waals surface area contributed by atoms with E-state index in [1.807, 2.05) is 0 Å². The van der Waals surface area contributed by atoms with Gasteiger partial charge in [-0.1, -0.05) is 33.6 Å². The second-order valence-corrected chi connectivity index (χ2v) is 5.37. The zero-order valence-electron chi connectivity index (χ0n) is 10.1. The summed E-state index contributed by atoms with van der Waals surface area (Å²) in [5.74, 6) is -2.05. The summed E-state index contributed by atoms with van der Waals surface area (Å²) in [7, 11) is 0. The molecule has 1 amide bonds. The lowest BCUT2D eigenvalue weighted by atomic mass is 10.1. The van der Waals surface area contributed by atoms with Gasteiger partial charge < -0.3 is 5.32 Å². The highest BCUT2D eigenvalue weighted by atomic mass is 79.9. The molecule has 0 bridgehead atoms. The zero-order chi connectivity index (χ0) is 14.7. The Labute approximate surface area is 127 Å². The number of halogens is 4. The molecule has 0 saturated carbocycles. The molecular weight excluding hydrogens is 352 g/mol. The molecule has 0 radical (unpaired) electrons. The molecule has 2 nitrogen and oxygen atoms in total. The van der Waals surface area contributed by atoms with Gasteiger partial charge in [-0.2, -0.15) is 0 Å². The van der Waals surface area contributed by atoms with Gasteiger partial charge >= 0.3 is 0 Å². The monoisotopic (exact) mass is 359 g/mol. The number of benzene rings is 2. The Morgan fingerprint density at radius 1 is 1.20 bits per heavy atom. The van der Waals surface area contributed by atoms with Crippen LogP contribution in [0.1, 0.15) is 5.56 Å². The molecule has 0 spiro atoms. The Morgan fingerprint density at radius 2 is 1.85 bits per heavy atom. The lowest BCUT2D eigenvalue weighted by Gasteiger charge is -2.09. The van der Waals surface area contributed by atoms with Crippen LogP contribution in [0.15, 0.2) is 40.9 Å². The van der Waals surface area contributed by atoms with Crippen molar-refractivity contribution in [2.45, 2.75) is 6.42 Å². The van der Waals surface area contributed by atoms with E-state index >= 15 is 0 Å². The Balaban J connectivity index is 2.15. The molecule has 2 aromatic rings. The van der Waals surface area contributed by atoms with Gasteiger partial charge in [-0.3, -0.25) is 4.79 Å². The molecule has 6 heteroatoms. The third kappa shape index (κ3) is 3.55. The predicted octanol–water partition coefficient (Wildman–Crippen LogP) is 4.56. The Kier molecular flexibility index (Phi) is 4.73. The molecule has 0 atom stereocenters. The van der Waals surface area contributed by atoms with E-state index in [1.165, 1.54) is 6.07 Å². The van der Waals surface area contributed by atoms with E-state index in [0.29, 0.717) is 10.7 Å². The lowest BCUT2D eigenvalue weighted by molar-refractivity contribution is -0.115. The van der Waals surface area contributed by atoms with Crippen LogP contribution in [-0.2, 0) is 11.2 Å². The molecule has 0 saturated heterocycles. The smallest absolute Gasteiger partial charge is 0.229 e. The van der Waals surface area contributed by atoms with E-state index in [-0.39, 0.29) is 5.56 Å². The molecular formula is C14H9BrClF2NO. The van der Waals surface area contributed by atoms with Crippen molar-refractivity contribution < 1.29 is 13.6 Å². The van der Waals surface area contributed by atoms with Crippen LogP contribution in [0.4, 0.5) is 14.5 Å². The van der Waals surface area contributed by atoms with Crippen LogP contribution in [-0.4, -0.2) is 5.91 Å². The molecule has 0 aliphatic heterocycles. The van der Waals surface area contributed by atoms with Crippen molar-refractivity contribution in [1.82, 2.24) is 0 Å². The van der Waals surface area contributed by atoms with E-state index in [9.17, 15) is 13.6 Å². The van der Waals surface area contributed by atoms with Crippen LogP contribution in [0, 0.1) is 11.6 Å². The van der Waals surface area contributed by atoms with Crippen molar-refractivity contribution >= 4 is 39.1 Å². The van der Waals surface area contributed by atoms with Gasteiger partial charge in [0.25, 0.3) is 0 Å². The number of amides is 1. The molecule has 0 fully saturated rings. The summed E-state index contributed by atoms with van der Waals surface area (Å²) in [4.78, 5) is 11.8. The van der Waals surface area contributed by atoms with E-state index < -0.39 is 24.0 Å². The first-order chi connectivity index (χ1) is 9.47. The highest BCUT2D eigenvalue weighted by molar-refractivity contribution is 9.10. The molecule has 0 unspecified atom stereocenters. The molecule has 2 aromatic carbocycles. The fourth-order valence-corrected chi connectivity index (χ4v) is 2.18. The van der Waals surface area contributed by atoms with Gasteiger partial charge in [0, 0.05) is 10.0 Å². The van der Waals surface area contributed by atoms with Gasteiger partial charge in [0.15, 0.2) is 0 Å². The summed E-state index contributed by atoms with van der Waals surface area (Å²) in [6.07, 6.45) is -0.401. The number of anilines is 1. The molecule has 0 aromatic heterocycles. The summed E-state index contributed by atoms with van der Waals surface area (Å²) < 4.78 is 27.6. The second kappa shape index (κ2) is 6.33. The van der Waals surface area contributed by atoms with E-state index in [4.69, 9.17) is 11.6 Å². The zero-order valence-corrected chi connectivity index (χ0v) is 12.4. The van der Waals surface area contributed by atoms with Gasteiger partial charge in [0.1, 0.15) is 11.6 Å². The average molecular weight is 361 g/mol. The van der Waals surface area contributed by atoms with E-state index in [2.05, 4.69) is 21.2 Å². The third-order valence-corrected chi connectivity index (χ3v) is 3.42. The highest BCUT2D eigenvalue weighted by Gasteiger charge is 2.14. The second-order valence-electron chi connectivity index (χ2n) is 4.05. The van der Waals surface area contributed by atoms with Crippen LogP contribution >= 0.6 is 27.5 Å². The first-order valence-electron chi connectivity index (χ1n) is 5.65. The average Bonchev–Trinajstić information content (AvgIpc) is 2.38. The maximum atomic E-state index is 13.4. The number of carbonyl (C=O) groups excluding carboxylic acids is 1. The van der Waals surface area contributed by atoms with Gasteiger partial charge in [0.2, 0.25) is 5.91 Å². The van der Waals surface area contributed by atoms with E-state index in [1.54, 1.807) is 18.2 Å². The molecule has 0 heterocycles. The molecule has 2 rings (SSSR count). The minimum atomic E-state index is -0.750. The maximum Gasteiger partial charge on any atom is 0.229 e. The van der Waals surface area contributed by atoms with Crippen LogP contribution in [0.2, 0.25) is 5.02 Å². The third-order valence-electron chi connectivity index (χ3n) is 2.60. The molecule has 20 heavy (non-hydrogen) atoms. The summed E-state index contributed by atoms with van der Waals surface area (Å²) in [5, 5.41) is 2.86. The van der Waals surface area contributed by atoms with Crippen molar-refractivity contribution in [2.24, 2.45) is 0 Å². The Bertz CT molecular complexity index is 643. The van der Waals surface area contributed by atoms with Gasteiger partial charge in [-0.15, -0.1) is 0 Å². The van der Waals surface area contributed by atoms with Gasteiger partial charge in [-0.05, 0) is 30.3 Å². The number of hydrogen-bond acceptors (Lipinski definition) is 1. The minimum absolute atomic E-state index is 0.267. The Morgan fingerprint density at radius 3 is 2.50 bits per heavy atom. The maximum absolute atomic E-state index is 13.4. The molecule has 0 aliphatic carbocycles. The Hall–Kier alpha value is -1.46. The first-order valence-corrected chi connectivity index (χ1v) is 6.82. The fourth-order valence-electron chi connectivity index (χ4n) is 1.65. The van der Waals surface area contributed by atoms with Crippen molar-refractivity contribution in [3.05, 3.63) is 63.1 Å². The number of hydrogen-bond donors (Lipinski definition) is 1. The standard InChI is InChI=1S/C14H9BrClF2NO/c15-8-4-5-10(16)13(6-8)19-14(20)7-9-11(17)2-1-3-12(9)18/h1-6H,7H2,(H,19,20). The summed E-state index contributed by atoms with van der Waals surface area (Å²) in [6, 6.07) is 8.39. The van der Waals surface area contributed by atoms with Crippen molar-refractivity contribution in [3.8, 4) is 0 Å². The topological polar surface area (TPSA) is 29.1 Å². The lowest BCUT2D eigenvalue weighted by Crippen LogP contribution is -2.16. The molecule has 0 aliphatic rings. The number of carbonyl (C=O) groups is 1. The molecule has 104 valence electrons. The van der Waals surface area contributed by atoms with Crippen LogP contribution in [0.5, 0.6) is 0 Å². The van der Waals surface area contributed by atoms with Gasteiger partial charge in [-0.25, -0.2) is 8.78 Å². The largest absolute Gasteiger partial charge is 0.324 e. The summed E-state index contributed by atoms with van der Waals surface area (Å²) in [6.45, 7) is 0. The van der Waals surface area contributed by atoms with Crippen LogP contribution in [0.25, 0.3) is 0 Å². The van der Waals surface area contributed by atoms with Crippen LogP contribution in [0.3, 0.4) is 0 Å². The van der Waals surface area contributed by atoms with Crippen LogP contribution < -0.4 is 5.32 Å². The minimum Gasteiger partial charge on any atom is -0.324 e. The molecule has 1 N–H and O–H groups in total. The summed E-state index contributed by atoms with van der Waals surface area (Å²) >= 11 is 9.17. The predicted molar refractivity (Wildman–Crippen MR) is 77.8 cm³/mol. The first kappa shape index (κ1) is 14.9. The van der Waals surface area contributed by atoms with Crippen molar-refractivity contribution in [2.75, 3.05) is 5.32 Å². The number of rotatable bonds is 3. The number of nitrogens with one attached hydrogen (secondary N) is 1. The fraction of sp³-hybridized carbons (Fsp3) is 0.0714. The quantitative estimate of drug-likeness (QED) is 0.854. The highest BCUT2D eigenvalue weighted by Crippen LogP contribution is 2.26. The van der Waals surface area contributed by atoms with E-state index in [0.717, 1.165) is 16.6 Å². The SMILES string of the molecule is O=C(Cc1c(F)cccc1F)Nc1cc(Br)ccc1Cl. The normalized spacial score (nSPS) is 10.4. The van der Waals surface area contributed by atoms with Crippen molar-refractivity contribution in [3.63, 3.8) is 0 Å². The van der Waals surface area contributed by atoms with Crippen molar-refractivity contribution in [1.29, 1.82) is 0 Å². The summed E-state index contributed by atoms with van der Waals surface area (Å²) in [5.41, 5.74) is 0.110. The van der Waals surface area contributed by atoms with Gasteiger partial charge in [0.05, 0.1) is 17.1 Å².